The van der Waals surface area contributed by atoms with Gasteiger partial charge in [0.1, 0.15) is 0 Å². The van der Waals surface area contributed by atoms with Crippen LogP contribution in [0.1, 0.15) is 0 Å². The molecule has 3 aromatic rings. The number of rotatable bonds is 1. The van der Waals surface area contributed by atoms with Crippen LogP contribution in [0, 0.1) is 0 Å². The van der Waals surface area contributed by atoms with Gasteiger partial charge >= 0.3 is 0 Å². The summed E-state index contributed by atoms with van der Waals surface area (Å²) in [4.78, 5) is 0. The highest BCUT2D eigenvalue weighted by molar-refractivity contribution is 5.92. The number of nitrogens with zero attached hydrogens (tertiary/aromatic N) is 2. The van der Waals surface area contributed by atoms with Crippen LogP contribution in [0.3, 0.4) is 0 Å². The van der Waals surface area contributed by atoms with Crippen LogP contribution in [0.25, 0.3) is 16.6 Å². The molecule has 0 saturated carbocycles. The van der Waals surface area contributed by atoms with Crippen LogP contribution in [0.15, 0.2) is 48.5 Å². The molecule has 0 radical (unpaired) electrons. The fourth-order valence-electron chi connectivity index (χ4n) is 1.92. The van der Waals surface area contributed by atoms with Crippen LogP contribution >= 0.6 is 0 Å². The van der Waals surface area contributed by atoms with Gasteiger partial charge in [0.15, 0.2) is 5.82 Å². The van der Waals surface area contributed by atoms with E-state index in [4.69, 9.17) is 11.5 Å². The second kappa shape index (κ2) is 3.52. The molecule has 0 atom stereocenters. The third-order valence-electron chi connectivity index (χ3n) is 2.73. The lowest BCUT2D eigenvalue weighted by Crippen LogP contribution is -1.97. The van der Waals surface area contributed by atoms with Crippen LogP contribution < -0.4 is 11.5 Å². The standard InChI is InChI=1S/C13H12N4/c14-9-6-7-11-12(8-9)17(16-13(11)15)10-4-2-1-3-5-10/h1-8H,14H2,(H2,15,16). The lowest BCUT2D eigenvalue weighted by atomic mass is 10.2. The summed E-state index contributed by atoms with van der Waals surface area (Å²) in [5, 5.41) is 5.26. The Kier molecular flexibility index (Phi) is 2.01. The number of hydrogen-bond donors (Lipinski definition) is 2. The molecule has 2 aromatic carbocycles. The molecule has 0 aliphatic carbocycles. The summed E-state index contributed by atoms with van der Waals surface area (Å²) in [6.07, 6.45) is 0. The van der Waals surface area contributed by atoms with Gasteiger partial charge in [0.05, 0.1) is 11.2 Å². The number of nitrogen functional groups attached to an aromatic ring is 2. The van der Waals surface area contributed by atoms with Gasteiger partial charge in [-0.2, -0.15) is 0 Å². The Labute approximate surface area is 98.5 Å². The highest BCUT2D eigenvalue weighted by Gasteiger charge is 2.09. The van der Waals surface area contributed by atoms with Gasteiger partial charge in [0, 0.05) is 11.1 Å². The molecule has 0 aliphatic rings. The normalized spacial score (nSPS) is 10.8. The van der Waals surface area contributed by atoms with Gasteiger partial charge in [0.2, 0.25) is 0 Å². The van der Waals surface area contributed by atoms with Gasteiger partial charge in [-0.3, -0.25) is 0 Å². The first-order chi connectivity index (χ1) is 8.25. The number of fused-ring (bicyclic) bond motifs is 1. The molecule has 4 heteroatoms. The maximum atomic E-state index is 5.89. The number of anilines is 2. The first-order valence-electron chi connectivity index (χ1n) is 5.35. The van der Waals surface area contributed by atoms with Gasteiger partial charge in [-0.15, -0.1) is 5.10 Å². The molecule has 0 fully saturated rings. The van der Waals surface area contributed by atoms with Gasteiger partial charge in [0.25, 0.3) is 0 Å². The van der Waals surface area contributed by atoms with E-state index in [0.29, 0.717) is 11.5 Å². The molecular weight excluding hydrogens is 212 g/mol. The third-order valence-corrected chi connectivity index (χ3v) is 2.73. The van der Waals surface area contributed by atoms with E-state index in [2.05, 4.69) is 5.10 Å². The summed E-state index contributed by atoms with van der Waals surface area (Å²) >= 11 is 0. The van der Waals surface area contributed by atoms with Crippen molar-refractivity contribution in [2.75, 3.05) is 11.5 Å². The highest BCUT2D eigenvalue weighted by Crippen LogP contribution is 2.25. The van der Waals surface area contributed by atoms with E-state index >= 15 is 0 Å². The quantitative estimate of drug-likeness (QED) is 0.622. The number of nitrogens with two attached hydrogens (primary N) is 2. The van der Waals surface area contributed by atoms with Gasteiger partial charge in [-0.1, -0.05) is 18.2 Å². The topological polar surface area (TPSA) is 69.9 Å². The minimum absolute atomic E-state index is 0.517. The van der Waals surface area contributed by atoms with E-state index in [9.17, 15) is 0 Å². The van der Waals surface area contributed by atoms with Gasteiger partial charge in [-0.05, 0) is 30.3 Å². The third kappa shape index (κ3) is 1.50. The van der Waals surface area contributed by atoms with Crippen LogP contribution in [0.5, 0.6) is 0 Å². The number of para-hydroxylation sites is 1. The minimum Gasteiger partial charge on any atom is -0.399 e. The minimum atomic E-state index is 0.517. The smallest absolute Gasteiger partial charge is 0.153 e. The molecule has 1 heterocycles. The molecule has 4 N–H and O–H groups in total. The second-order valence-electron chi connectivity index (χ2n) is 3.91. The van der Waals surface area contributed by atoms with Crippen LogP contribution in [-0.4, -0.2) is 9.78 Å². The highest BCUT2D eigenvalue weighted by atomic mass is 15.3. The van der Waals surface area contributed by atoms with Gasteiger partial charge < -0.3 is 11.5 Å². The molecule has 0 amide bonds. The lowest BCUT2D eigenvalue weighted by Gasteiger charge is -2.02. The molecular formula is C13H12N4. The van der Waals surface area contributed by atoms with Crippen molar-refractivity contribution < 1.29 is 0 Å². The molecule has 0 aliphatic heterocycles. The zero-order valence-electron chi connectivity index (χ0n) is 9.17. The predicted molar refractivity (Wildman–Crippen MR) is 69.9 cm³/mol. The number of aromatic nitrogens is 2. The van der Waals surface area contributed by atoms with Crippen molar-refractivity contribution in [3.63, 3.8) is 0 Å². The predicted octanol–water partition coefficient (Wildman–Crippen LogP) is 2.19. The van der Waals surface area contributed by atoms with E-state index in [0.717, 1.165) is 16.6 Å². The molecule has 0 bridgehead atoms. The van der Waals surface area contributed by atoms with E-state index in [1.165, 1.54) is 0 Å². The Morgan fingerprint density at radius 3 is 2.47 bits per heavy atom. The second-order valence-corrected chi connectivity index (χ2v) is 3.91. The average molecular weight is 224 g/mol. The summed E-state index contributed by atoms with van der Waals surface area (Å²) in [6.45, 7) is 0. The van der Waals surface area contributed by atoms with Crippen molar-refractivity contribution in [1.29, 1.82) is 0 Å². The molecule has 0 saturated heterocycles. The zero-order chi connectivity index (χ0) is 11.8. The van der Waals surface area contributed by atoms with Crippen molar-refractivity contribution >= 4 is 22.4 Å². The lowest BCUT2D eigenvalue weighted by molar-refractivity contribution is 0.917. The van der Waals surface area contributed by atoms with Crippen molar-refractivity contribution in [1.82, 2.24) is 9.78 Å². The van der Waals surface area contributed by atoms with E-state index in [1.54, 1.807) is 4.68 Å². The molecule has 0 spiro atoms. The fraction of sp³-hybridized carbons (Fsp3) is 0. The van der Waals surface area contributed by atoms with Crippen LogP contribution in [0.4, 0.5) is 11.5 Å². The molecule has 84 valence electrons. The summed E-state index contributed by atoms with van der Waals surface area (Å²) in [5.74, 6) is 0.517. The Morgan fingerprint density at radius 1 is 0.941 bits per heavy atom. The monoisotopic (exact) mass is 224 g/mol. The summed E-state index contributed by atoms with van der Waals surface area (Å²) in [6, 6.07) is 15.5. The molecule has 1 aromatic heterocycles. The summed E-state index contributed by atoms with van der Waals surface area (Å²) < 4.78 is 1.81. The number of benzene rings is 2. The Hall–Kier alpha value is -2.49. The van der Waals surface area contributed by atoms with Crippen molar-refractivity contribution in [3.05, 3.63) is 48.5 Å². The first-order valence-corrected chi connectivity index (χ1v) is 5.35. The molecule has 17 heavy (non-hydrogen) atoms. The average Bonchev–Trinajstić information content (AvgIpc) is 2.67. The molecule has 0 unspecified atom stereocenters. The maximum Gasteiger partial charge on any atom is 0.153 e. The van der Waals surface area contributed by atoms with Crippen molar-refractivity contribution in [2.24, 2.45) is 0 Å². The van der Waals surface area contributed by atoms with Gasteiger partial charge in [-0.25, -0.2) is 4.68 Å². The van der Waals surface area contributed by atoms with Crippen LogP contribution in [-0.2, 0) is 0 Å². The number of hydrogen-bond acceptors (Lipinski definition) is 3. The van der Waals surface area contributed by atoms with E-state index < -0.39 is 0 Å². The fourth-order valence-corrected chi connectivity index (χ4v) is 1.92. The van der Waals surface area contributed by atoms with Crippen molar-refractivity contribution in [2.45, 2.75) is 0 Å². The Bertz CT molecular complexity index is 670. The Morgan fingerprint density at radius 2 is 1.71 bits per heavy atom. The summed E-state index contributed by atoms with van der Waals surface area (Å²) in [7, 11) is 0. The van der Waals surface area contributed by atoms with E-state index in [1.807, 2.05) is 48.5 Å². The SMILES string of the molecule is Nc1ccc2c(N)nn(-c3ccccc3)c2c1. The first kappa shape index (κ1) is 9.72. The maximum absolute atomic E-state index is 5.89. The zero-order valence-corrected chi connectivity index (χ0v) is 9.17. The molecule has 4 nitrogen and oxygen atoms in total. The van der Waals surface area contributed by atoms with Crippen LogP contribution in [0.2, 0.25) is 0 Å². The summed E-state index contributed by atoms with van der Waals surface area (Å²) in [5.41, 5.74) is 14.3. The Balaban J connectivity index is 2.34. The largest absolute Gasteiger partial charge is 0.399 e. The molecule has 3 rings (SSSR count). The van der Waals surface area contributed by atoms with Crippen molar-refractivity contribution in [3.8, 4) is 5.69 Å². The van der Waals surface area contributed by atoms with E-state index in [-0.39, 0.29) is 0 Å².